The van der Waals surface area contributed by atoms with Crippen LogP contribution in [-0.2, 0) is 9.59 Å². The lowest BCUT2D eigenvalue weighted by Gasteiger charge is -2.37. The number of hydrogen-bond donors (Lipinski definition) is 1. The molecule has 25 heavy (non-hydrogen) atoms. The molecule has 0 aromatic heterocycles. The summed E-state index contributed by atoms with van der Waals surface area (Å²) < 4.78 is 137. The van der Waals surface area contributed by atoms with Gasteiger partial charge < -0.3 is 19.9 Å². The van der Waals surface area contributed by atoms with Crippen molar-refractivity contribution in [2.45, 2.75) is 26.2 Å². The second kappa shape index (κ2) is 7.62. The molecule has 0 bridgehead atoms. The Bertz CT molecular complexity index is 1050. The zero-order valence-electron chi connectivity index (χ0n) is 24.6. The molecule has 1 heterocycles. The van der Waals surface area contributed by atoms with E-state index >= 15 is 0 Å². The van der Waals surface area contributed by atoms with Crippen molar-refractivity contribution in [3.05, 3.63) is 24.2 Å². The van der Waals surface area contributed by atoms with E-state index in [4.69, 9.17) is 16.4 Å². The number of nitrogens with zero attached hydrogens (tertiary/aromatic N) is 2. The van der Waals surface area contributed by atoms with Gasteiger partial charge in [0.15, 0.2) is 0 Å². The van der Waals surface area contributed by atoms with Crippen LogP contribution in [0, 0.1) is 0 Å². The number of nitrogens with one attached hydrogen (secondary N) is 1. The van der Waals surface area contributed by atoms with Crippen LogP contribution in [0.4, 0.5) is 18.9 Å². The van der Waals surface area contributed by atoms with Crippen LogP contribution in [-0.4, -0.2) is 55.1 Å². The number of piperazine rings is 1. The van der Waals surface area contributed by atoms with Crippen LogP contribution in [0.15, 0.2) is 24.2 Å². The molecule has 1 atom stereocenters. The molecule has 0 unspecified atom stereocenters. The van der Waals surface area contributed by atoms with Gasteiger partial charge in [-0.3, -0.25) is 9.59 Å². The second-order valence-corrected chi connectivity index (χ2v) is 4.61. The highest BCUT2D eigenvalue weighted by Gasteiger charge is 2.31. The largest absolute Gasteiger partial charge is 0.573 e. The fourth-order valence-corrected chi connectivity index (χ4v) is 1.70. The van der Waals surface area contributed by atoms with Crippen LogP contribution in [0.3, 0.4) is 0 Å². The third-order valence-electron chi connectivity index (χ3n) is 2.73. The Labute approximate surface area is 160 Å². The Morgan fingerprint density at radius 2 is 2.08 bits per heavy atom. The van der Waals surface area contributed by atoms with Gasteiger partial charge in [-0.05, 0) is 19.0 Å². The van der Waals surface area contributed by atoms with Crippen LogP contribution in [0.1, 0.15) is 30.2 Å². The van der Waals surface area contributed by atoms with Crippen LogP contribution < -0.4 is 15.0 Å². The number of alkyl halides is 3. The SMILES string of the molecule is [2H]c1ccc(N2C([2H])([2H])C([2H])([2H])N(C(=O)[C@@H](C)NC(=O)C([2H])([2H])[2H])C([2H])([2H])C2([2H])[2H])cc1OC(F)(F)F. The molecule has 1 fully saturated rings. The first-order chi connectivity index (χ1) is 16.3. The van der Waals surface area contributed by atoms with Gasteiger partial charge in [-0.15, -0.1) is 13.2 Å². The van der Waals surface area contributed by atoms with Gasteiger partial charge in [0, 0.05) is 48.7 Å². The normalized spacial score (nSPS) is 32.0. The van der Waals surface area contributed by atoms with Gasteiger partial charge in [0.25, 0.3) is 0 Å². The third-order valence-corrected chi connectivity index (χ3v) is 2.73. The summed E-state index contributed by atoms with van der Waals surface area (Å²) in [6, 6.07) is -1.10. The number of anilines is 1. The summed E-state index contributed by atoms with van der Waals surface area (Å²) in [6.45, 7) is -17.4. The summed E-state index contributed by atoms with van der Waals surface area (Å²) in [5, 5.41) is 1.70. The summed E-state index contributed by atoms with van der Waals surface area (Å²) in [5.41, 5.74) is -0.867. The van der Waals surface area contributed by atoms with Gasteiger partial charge in [-0.1, -0.05) is 6.07 Å². The van der Waals surface area contributed by atoms with Crippen LogP contribution in [0.5, 0.6) is 5.75 Å². The first-order valence-corrected chi connectivity index (χ1v) is 6.62. The summed E-state index contributed by atoms with van der Waals surface area (Å²) >= 11 is 0. The van der Waals surface area contributed by atoms with E-state index in [-0.39, 0.29) is 4.90 Å². The van der Waals surface area contributed by atoms with Gasteiger partial charge in [0.1, 0.15) is 11.8 Å². The molecule has 1 aliphatic heterocycles. The van der Waals surface area contributed by atoms with Gasteiger partial charge in [0.2, 0.25) is 11.8 Å². The molecule has 9 heteroatoms. The number of rotatable bonds is 4. The minimum atomic E-state index is -5.31. The number of hydrogen-bond acceptors (Lipinski definition) is 4. The smallest absolute Gasteiger partial charge is 0.406 e. The van der Waals surface area contributed by atoms with Crippen LogP contribution in [0.25, 0.3) is 0 Å². The van der Waals surface area contributed by atoms with E-state index in [9.17, 15) is 22.8 Å². The monoisotopic (exact) mass is 371 g/mol. The van der Waals surface area contributed by atoms with E-state index < -0.39 is 79.4 Å². The van der Waals surface area contributed by atoms with Crippen molar-refractivity contribution in [3.8, 4) is 5.75 Å². The Kier molecular flexibility index (Phi) is 2.53. The summed E-state index contributed by atoms with van der Waals surface area (Å²) in [4.78, 5) is 24.1. The second-order valence-electron chi connectivity index (χ2n) is 4.61. The van der Waals surface area contributed by atoms with E-state index in [0.29, 0.717) is 12.1 Å². The maximum Gasteiger partial charge on any atom is 0.573 e. The van der Waals surface area contributed by atoms with Crippen molar-refractivity contribution in [2.75, 3.05) is 30.9 Å². The lowest BCUT2D eigenvalue weighted by atomic mass is 10.2. The quantitative estimate of drug-likeness (QED) is 0.876. The summed E-state index contributed by atoms with van der Waals surface area (Å²) in [6.07, 6.45) is -5.31. The van der Waals surface area contributed by atoms with E-state index in [1.165, 1.54) is 0 Å². The van der Waals surface area contributed by atoms with Gasteiger partial charge in [-0.2, -0.15) is 0 Å². The number of benzene rings is 1. The molecule has 0 aliphatic carbocycles. The average Bonchev–Trinajstić information content (AvgIpc) is 2.66. The molecule has 2 rings (SSSR count). The first-order valence-electron chi connectivity index (χ1n) is 12.6. The van der Waals surface area contributed by atoms with Crippen molar-refractivity contribution in [1.29, 1.82) is 0 Å². The van der Waals surface area contributed by atoms with E-state index in [1.807, 2.05) is 0 Å². The van der Waals surface area contributed by atoms with Crippen LogP contribution >= 0.6 is 0 Å². The molecule has 1 saturated heterocycles. The van der Waals surface area contributed by atoms with Crippen molar-refractivity contribution in [1.82, 2.24) is 10.2 Å². The highest BCUT2D eigenvalue weighted by molar-refractivity contribution is 5.86. The van der Waals surface area contributed by atoms with E-state index in [2.05, 4.69) is 4.74 Å². The standard InChI is InChI=1S/C16H20F3N3O3/c1-11(20-12(2)23)15(24)22-8-6-21(7-9-22)13-4-3-5-14(10-13)25-16(17,18)19/h3-5,10-11H,6-9H2,1-2H3,(H,20,23)/t11-/m1/s1/i2D3,5D,6D2,7D2,8D2,9D2. The zero-order valence-corrected chi connectivity index (χ0v) is 12.6. The molecule has 1 aliphatic rings. The topological polar surface area (TPSA) is 61.9 Å². The minimum absolute atomic E-state index is 0.169. The van der Waals surface area contributed by atoms with Gasteiger partial charge >= 0.3 is 6.36 Å². The average molecular weight is 371 g/mol. The Hall–Kier alpha value is -2.45. The third kappa shape index (κ3) is 5.54. The maximum absolute atomic E-state index is 13.0. The molecule has 1 N–H and O–H groups in total. The molecular formula is C16H20F3N3O3. The number of carbonyl (C=O) groups excluding carboxylic acids is 2. The summed E-state index contributed by atoms with van der Waals surface area (Å²) in [7, 11) is 0. The Morgan fingerprint density at radius 3 is 2.68 bits per heavy atom. The minimum Gasteiger partial charge on any atom is -0.406 e. The maximum atomic E-state index is 13.0. The predicted molar refractivity (Wildman–Crippen MR) is 85.2 cm³/mol. The fraction of sp³-hybridized carbons (Fsp3) is 0.500. The molecule has 138 valence electrons. The van der Waals surface area contributed by atoms with E-state index in [1.54, 1.807) is 5.32 Å². The fourth-order valence-electron chi connectivity index (χ4n) is 1.70. The first kappa shape index (κ1) is 8.29. The number of halogens is 3. The number of amides is 2. The Morgan fingerprint density at radius 1 is 1.40 bits per heavy atom. The van der Waals surface area contributed by atoms with Crippen molar-refractivity contribution >= 4 is 17.5 Å². The molecule has 1 aromatic carbocycles. The molecule has 0 spiro atoms. The lowest BCUT2D eigenvalue weighted by molar-refractivity contribution is -0.274. The molecule has 2 amide bonds. The van der Waals surface area contributed by atoms with Gasteiger partial charge in [0.05, 0.1) is 12.3 Å². The molecule has 0 saturated carbocycles. The van der Waals surface area contributed by atoms with E-state index in [0.717, 1.165) is 13.0 Å². The van der Waals surface area contributed by atoms with Gasteiger partial charge in [-0.25, -0.2) is 0 Å². The van der Waals surface area contributed by atoms with Crippen molar-refractivity contribution in [3.63, 3.8) is 0 Å². The van der Waals surface area contributed by atoms with Crippen molar-refractivity contribution in [2.24, 2.45) is 0 Å². The zero-order chi connectivity index (χ0) is 29.2. The number of ether oxygens (including phenoxy) is 1. The molecule has 0 radical (unpaired) electrons. The highest BCUT2D eigenvalue weighted by atomic mass is 19.4. The van der Waals surface area contributed by atoms with Crippen LogP contribution in [0.2, 0.25) is 0 Å². The predicted octanol–water partition coefficient (Wildman–Crippen LogP) is 1.76. The molecular weight excluding hydrogens is 339 g/mol. The van der Waals surface area contributed by atoms with Crippen molar-refractivity contribution < 1.29 is 43.9 Å². The lowest BCUT2D eigenvalue weighted by Crippen LogP contribution is -2.54. The molecule has 1 aromatic rings. The highest BCUT2D eigenvalue weighted by Crippen LogP contribution is 2.27. The molecule has 6 nitrogen and oxygen atoms in total. The Balaban J connectivity index is 2.65. The summed E-state index contributed by atoms with van der Waals surface area (Å²) in [5.74, 6) is -4.63. The number of carbonyl (C=O) groups is 2.